The molecule has 2 rings (SSSR count). The Kier molecular flexibility index (Phi) is 5.99. The summed E-state index contributed by atoms with van der Waals surface area (Å²) in [6, 6.07) is 7.83. The second-order valence-corrected chi connectivity index (χ2v) is 7.23. The summed E-state index contributed by atoms with van der Waals surface area (Å²) >= 11 is 0. The van der Waals surface area contributed by atoms with Crippen LogP contribution in [-0.2, 0) is 9.59 Å². The standard InChI is InChI=1S/C19H29N3O2/c1-14(2)15-6-8-16(9-7-15)21-18(24)19(10-11-19)17(23)20-12-5-13-22(3)4/h6-9,14H,5,10-13H2,1-4H3,(H,20,23)(H,21,24). The molecule has 0 aromatic heterocycles. The topological polar surface area (TPSA) is 61.4 Å². The van der Waals surface area contributed by atoms with Crippen molar-refractivity contribution in [3.63, 3.8) is 0 Å². The summed E-state index contributed by atoms with van der Waals surface area (Å²) in [5, 5.41) is 5.80. The lowest BCUT2D eigenvalue weighted by atomic mass is 10.0. The lowest BCUT2D eigenvalue weighted by Gasteiger charge is -2.16. The van der Waals surface area contributed by atoms with Crippen molar-refractivity contribution in [2.75, 3.05) is 32.5 Å². The SMILES string of the molecule is CC(C)c1ccc(NC(=O)C2(C(=O)NCCCN(C)C)CC2)cc1. The van der Waals surface area contributed by atoms with Crippen molar-refractivity contribution in [3.05, 3.63) is 29.8 Å². The molecule has 1 aromatic rings. The Morgan fingerprint density at radius 1 is 1.12 bits per heavy atom. The molecule has 0 saturated heterocycles. The van der Waals surface area contributed by atoms with Crippen LogP contribution in [0.15, 0.2) is 24.3 Å². The number of hydrogen-bond acceptors (Lipinski definition) is 3. The Morgan fingerprint density at radius 3 is 2.25 bits per heavy atom. The molecule has 5 heteroatoms. The minimum Gasteiger partial charge on any atom is -0.355 e. The number of rotatable bonds is 8. The molecule has 1 aliphatic rings. The number of nitrogens with one attached hydrogen (secondary N) is 2. The van der Waals surface area contributed by atoms with Gasteiger partial charge in [-0.3, -0.25) is 9.59 Å². The van der Waals surface area contributed by atoms with E-state index in [4.69, 9.17) is 0 Å². The van der Waals surface area contributed by atoms with E-state index in [1.807, 2.05) is 38.4 Å². The van der Waals surface area contributed by atoms with Gasteiger partial charge in [-0.1, -0.05) is 26.0 Å². The summed E-state index contributed by atoms with van der Waals surface area (Å²) in [6.45, 7) is 5.79. The Hall–Kier alpha value is -1.88. The van der Waals surface area contributed by atoms with E-state index in [0.717, 1.165) is 18.7 Å². The first-order valence-electron chi connectivity index (χ1n) is 8.69. The maximum Gasteiger partial charge on any atom is 0.240 e. The van der Waals surface area contributed by atoms with Crippen LogP contribution < -0.4 is 10.6 Å². The highest BCUT2D eigenvalue weighted by Crippen LogP contribution is 2.46. The second-order valence-electron chi connectivity index (χ2n) is 7.23. The van der Waals surface area contributed by atoms with E-state index in [9.17, 15) is 9.59 Å². The summed E-state index contributed by atoms with van der Waals surface area (Å²) in [7, 11) is 4.00. The zero-order valence-corrected chi connectivity index (χ0v) is 15.2. The molecule has 0 bridgehead atoms. The highest BCUT2D eigenvalue weighted by molar-refractivity contribution is 6.13. The van der Waals surface area contributed by atoms with Crippen molar-refractivity contribution in [3.8, 4) is 0 Å². The third-order valence-electron chi connectivity index (χ3n) is 4.52. The summed E-state index contributed by atoms with van der Waals surface area (Å²) in [6.07, 6.45) is 2.14. The van der Waals surface area contributed by atoms with Gasteiger partial charge < -0.3 is 15.5 Å². The number of hydrogen-bond donors (Lipinski definition) is 2. The number of carbonyl (C=O) groups excluding carboxylic acids is 2. The molecule has 24 heavy (non-hydrogen) atoms. The number of amides is 2. The van der Waals surface area contributed by atoms with Crippen LogP contribution in [0.3, 0.4) is 0 Å². The molecule has 1 aliphatic carbocycles. The Bertz CT molecular complexity index is 575. The maximum atomic E-state index is 12.5. The fraction of sp³-hybridized carbons (Fsp3) is 0.579. The van der Waals surface area contributed by atoms with Crippen LogP contribution in [-0.4, -0.2) is 43.9 Å². The molecule has 1 aromatic carbocycles. The monoisotopic (exact) mass is 331 g/mol. The normalized spacial score (nSPS) is 15.4. The number of anilines is 1. The quantitative estimate of drug-likeness (QED) is 0.568. The molecular formula is C19H29N3O2. The molecule has 5 nitrogen and oxygen atoms in total. The van der Waals surface area contributed by atoms with Crippen LogP contribution in [0.25, 0.3) is 0 Å². The Morgan fingerprint density at radius 2 is 1.75 bits per heavy atom. The lowest BCUT2D eigenvalue weighted by molar-refractivity contribution is -0.134. The van der Waals surface area contributed by atoms with Crippen molar-refractivity contribution in [1.82, 2.24) is 10.2 Å². The highest BCUT2D eigenvalue weighted by atomic mass is 16.2. The van der Waals surface area contributed by atoms with Gasteiger partial charge in [0.15, 0.2) is 0 Å². The predicted molar refractivity (Wildman–Crippen MR) is 97.0 cm³/mol. The minimum atomic E-state index is -0.866. The lowest BCUT2D eigenvalue weighted by Crippen LogP contribution is -2.40. The number of nitrogens with zero attached hydrogens (tertiary/aromatic N) is 1. The van der Waals surface area contributed by atoms with Crippen LogP contribution >= 0.6 is 0 Å². The fourth-order valence-corrected chi connectivity index (χ4v) is 2.65. The van der Waals surface area contributed by atoms with Crippen LogP contribution in [0, 0.1) is 5.41 Å². The Labute approximate surface area is 144 Å². The van der Waals surface area contributed by atoms with Gasteiger partial charge >= 0.3 is 0 Å². The molecule has 0 radical (unpaired) electrons. The smallest absolute Gasteiger partial charge is 0.240 e. The van der Waals surface area contributed by atoms with Crippen molar-refractivity contribution in [2.24, 2.45) is 5.41 Å². The van der Waals surface area contributed by atoms with E-state index in [1.54, 1.807) is 0 Å². The molecule has 132 valence electrons. The molecule has 0 aliphatic heterocycles. The number of carbonyl (C=O) groups is 2. The summed E-state index contributed by atoms with van der Waals surface area (Å²) in [5.41, 5.74) is 1.11. The maximum absolute atomic E-state index is 12.5. The minimum absolute atomic E-state index is 0.141. The van der Waals surface area contributed by atoms with Crippen molar-refractivity contribution in [2.45, 2.75) is 39.0 Å². The summed E-state index contributed by atoms with van der Waals surface area (Å²) in [5.74, 6) is 0.125. The first-order chi connectivity index (χ1) is 11.3. The van der Waals surface area contributed by atoms with Crippen LogP contribution in [0.2, 0.25) is 0 Å². The molecule has 2 amide bonds. The van der Waals surface area contributed by atoms with E-state index < -0.39 is 5.41 Å². The fourth-order valence-electron chi connectivity index (χ4n) is 2.65. The van der Waals surface area contributed by atoms with E-state index in [-0.39, 0.29) is 11.8 Å². The zero-order valence-electron chi connectivity index (χ0n) is 15.2. The third-order valence-corrected chi connectivity index (χ3v) is 4.52. The molecule has 0 atom stereocenters. The second kappa shape index (κ2) is 7.79. The average molecular weight is 331 g/mol. The molecule has 0 spiro atoms. The average Bonchev–Trinajstić information content (AvgIpc) is 3.33. The predicted octanol–water partition coefficient (Wildman–Crippen LogP) is 2.60. The molecule has 2 N–H and O–H groups in total. The first kappa shape index (κ1) is 18.5. The molecule has 0 heterocycles. The molecule has 1 saturated carbocycles. The largest absolute Gasteiger partial charge is 0.355 e. The third kappa shape index (κ3) is 4.57. The van der Waals surface area contributed by atoms with Crippen LogP contribution in [0.5, 0.6) is 0 Å². The van der Waals surface area contributed by atoms with Crippen molar-refractivity contribution < 1.29 is 9.59 Å². The summed E-state index contributed by atoms with van der Waals surface area (Å²) < 4.78 is 0. The first-order valence-corrected chi connectivity index (χ1v) is 8.69. The van der Waals surface area contributed by atoms with Gasteiger partial charge in [-0.15, -0.1) is 0 Å². The van der Waals surface area contributed by atoms with Gasteiger partial charge in [0.2, 0.25) is 11.8 Å². The van der Waals surface area contributed by atoms with E-state index >= 15 is 0 Å². The molecule has 0 unspecified atom stereocenters. The van der Waals surface area contributed by atoms with Gasteiger partial charge in [0, 0.05) is 12.2 Å². The zero-order chi connectivity index (χ0) is 17.7. The van der Waals surface area contributed by atoms with Gasteiger partial charge in [-0.05, 0) is 63.5 Å². The number of benzene rings is 1. The van der Waals surface area contributed by atoms with E-state index in [1.165, 1.54) is 5.56 Å². The van der Waals surface area contributed by atoms with Crippen molar-refractivity contribution in [1.29, 1.82) is 0 Å². The van der Waals surface area contributed by atoms with Crippen molar-refractivity contribution >= 4 is 17.5 Å². The van der Waals surface area contributed by atoms with Crippen LogP contribution in [0.4, 0.5) is 5.69 Å². The highest BCUT2D eigenvalue weighted by Gasteiger charge is 2.56. The van der Waals surface area contributed by atoms with Gasteiger partial charge in [0.1, 0.15) is 5.41 Å². The van der Waals surface area contributed by atoms with Gasteiger partial charge in [0.05, 0.1) is 0 Å². The van der Waals surface area contributed by atoms with Crippen LogP contribution in [0.1, 0.15) is 44.6 Å². The molecular weight excluding hydrogens is 302 g/mol. The van der Waals surface area contributed by atoms with Gasteiger partial charge in [-0.25, -0.2) is 0 Å². The van der Waals surface area contributed by atoms with Gasteiger partial charge in [0.25, 0.3) is 0 Å². The van der Waals surface area contributed by atoms with E-state index in [2.05, 4.69) is 29.4 Å². The molecule has 1 fully saturated rings. The van der Waals surface area contributed by atoms with Gasteiger partial charge in [-0.2, -0.15) is 0 Å². The van der Waals surface area contributed by atoms with E-state index in [0.29, 0.717) is 25.3 Å². The Balaban J connectivity index is 1.87. The summed E-state index contributed by atoms with van der Waals surface area (Å²) in [4.78, 5) is 27.0.